The summed E-state index contributed by atoms with van der Waals surface area (Å²) in [6, 6.07) is 26.9. The van der Waals surface area contributed by atoms with E-state index in [1.807, 2.05) is 36.4 Å². The lowest BCUT2D eigenvalue weighted by atomic mass is 10.0. The molecule has 0 unspecified atom stereocenters. The first-order valence-electron chi connectivity index (χ1n) is 9.50. The minimum Gasteiger partial charge on any atom is -0.489 e. The maximum Gasteiger partial charge on any atom is 0.254 e. The van der Waals surface area contributed by atoms with Gasteiger partial charge in [0.15, 0.2) is 0 Å². The summed E-state index contributed by atoms with van der Waals surface area (Å²) in [4.78, 5) is 12.4. The molecule has 150 valence electrons. The van der Waals surface area contributed by atoms with Gasteiger partial charge in [0.05, 0.1) is 6.54 Å². The molecule has 30 heavy (non-hydrogen) atoms. The normalized spacial score (nSPS) is 10.7. The van der Waals surface area contributed by atoms with Crippen LogP contribution in [-0.2, 0) is 13.2 Å². The SMILES string of the molecule is O=c1cc(OCc2ccc(-c3ccccc3)cc2)ccn1Cc1ccc(Cl)cc1Cl. The van der Waals surface area contributed by atoms with Crippen LogP contribution in [0.4, 0.5) is 0 Å². The van der Waals surface area contributed by atoms with Gasteiger partial charge in [-0.1, -0.05) is 83.9 Å². The topological polar surface area (TPSA) is 31.2 Å². The lowest BCUT2D eigenvalue weighted by Gasteiger charge is -2.10. The van der Waals surface area contributed by atoms with Crippen LogP contribution in [0.25, 0.3) is 11.1 Å². The number of benzene rings is 3. The van der Waals surface area contributed by atoms with Crippen molar-refractivity contribution in [1.29, 1.82) is 0 Å². The number of aromatic nitrogens is 1. The molecule has 0 saturated heterocycles. The van der Waals surface area contributed by atoms with E-state index in [1.54, 1.807) is 29.0 Å². The molecule has 4 rings (SSSR count). The van der Waals surface area contributed by atoms with E-state index < -0.39 is 0 Å². The molecule has 0 N–H and O–H groups in total. The molecule has 0 aliphatic heterocycles. The standard InChI is InChI=1S/C25H19Cl2NO2/c26-22-11-10-21(24(27)14-22)16-28-13-12-23(15-25(28)29)30-17-18-6-8-20(9-7-18)19-4-2-1-3-5-19/h1-15H,16-17H2. The van der Waals surface area contributed by atoms with Gasteiger partial charge in [0.2, 0.25) is 0 Å². The van der Waals surface area contributed by atoms with Crippen molar-refractivity contribution in [2.75, 3.05) is 0 Å². The van der Waals surface area contributed by atoms with Gasteiger partial charge in [-0.3, -0.25) is 4.79 Å². The Balaban J connectivity index is 1.41. The molecule has 4 aromatic rings. The summed E-state index contributed by atoms with van der Waals surface area (Å²) in [7, 11) is 0. The predicted molar refractivity (Wildman–Crippen MR) is 122 cm³/mol. The first-order valence-corrected chi connectivity index (χ1v) is 10.3. The largest absolute Gasteiger partial charge is 0.489 e. The van der Waals surface area contributed by atoms with Crippen LogP contribution in [0.3, 0.4) is 0 Å². The van der Waals surface area contributed by atoms with Crippen molar-refractivity contribution in [2.45, 2.75) is 13.2 Å². The van der Waals surface area contributed by atoms with E-state index in [4.69, 9.17) is 27.9 Å². The smallest absolute Gasteiger partial charge is 0.254 e. The number of nitrogens with zero attached hydrogens (tertiary/aromatic N) is 1. The molecule has 1 aromatic heterocycles. The zero-order valence-corrected chi connectivity index (χ0v) is 17.6. The van der Waals surface area contributed by atoms with Gasteiger partial charge in [-0.2, -0.15) is 0 Å². The van der Waals surface area contributed by atoms with E-state index in [9.17, 15) is 4.79 Å². The molecule has 0 aliphatic carbocycles. The number of hydrogen-bond acceptors (Lipinski definition) is 2. The second-order valence-corrected chi connectivity index (χ2v) is 7.76. The molecule has 0 radical (unpaired) electrons. The van der Waals surface area contributed by atoms with Crippen LogP contribution in [0.15, 0.2) is 95.9 Å². The summed E-state index contributed by atoms with van der Waals surface area (Å²) in [6.07, 6.45) is 1.71. The fourth-order valence-corrected chi connectivity index (χ4v) is 3.60. The Morgan fingerprint density at radius 1 is 0.800 bits per heavy atom. The van der Waals surface area contributed by atoms with Crippen molar-refractivity contribution in [1.82, 2.24) is 4.57 Å². The second kappa shape index (κ2) is 9.21. The Morgan fingerprint density at radius 2 is 1.53 bits per heavy atom. The summed E-state index contributed by atoms with van der Waals surface area (Å²) < 4.78 is 7.39. The van der Waals surface area contributed by atoms with Crippen LogP contribution in [0.2, 0.25) is 10.0 Å². The average molecular weight is 436 g/mol. The predicted octanol–water partition coefficient (Wildman–Crippen LogP) is 6.45. The maximum absolute atomic E-state index is 12.4. The molecule has 3 aromatic carbocycles. The third-order valence-electron chi connectivity index (χ3n) is 4.79. The number of hydrogen-bond donors (Lipinski definition) is 0. The highest BCUT2D eigenvalue weighted by Gasteiger charge is 2.06. The van der Waals surface area contributed by atoms with Crippen molar-refractivity contribution in [3.8, 4) is 16.9 Å². The first kappa shape index (κ1) is 20.3. The number of halogens is 2. The van der Waals surface area contributed by atoms with Crippen LogP contribution in [0.5, 0.6) is 5.75 Å². The van der Waals surface area contributed by atoms with Gasteiger partial charge in [0.25, 0.3) is 5.56 Å². The molecule has 5 heteroatoms. The Bertz CT molecular complexity index is 1200. The van der Waals surface area contributed by atoms with Crippen molar-refractivity contribution >= 4 is 23.2 Å². The van der Waals surface area contributed by atoms with Gasteiger partial charge in [-0.15, -0.1) is 0 Å². The van der Waals surface area contributed by atoms with Gasteiger partial charge in [0.1, 0.15) is 12.4 Å². The quantitative estimate of drug-likeness (QED) is 0.348. The van der Waals surface area contributed by atoms with E-state index in [1.165, 1.54) is 11.6 Å². The number of ether oxygens (including phenoxy) is 1. The monoisotopic (exact) mass is 435 g/mol. The molecule has 0 amide bonds. The van der Waals surface area contributed by atoms with Crippen molar-refractivity contribution in [3.05, 3.63) is 123 Å². The molecule has 0 bridgehead atoms. The minimum atomic E-state index is -0.155. The highest BCUT2D eigenvalue weighted by atomic mass is 35.5. The summed E-state index contributed by atoms with van der Waals surface area (Å²) in [6.45, 7) is 0.762. The van der Waals surface area contributed by atoms with E-state index in [2.05, 4.69) is 24.3 Å². The lowest BCUT2D eigenvalue weighted by Crippen LogP contribution is -2.19. The van der Waals surface area contributed by atoms with Crippen LogP contribution >= 0.6 is 23.2 Å². The Morgan fingerprint density at radius 3 is 2.23 bits per heavy atom. The lowest BCUT2D eigenvalue weighted by molar-refractivity contribution is 0.305. The van der Waals surface area contributed by atoms with Gasteiger partial charge < -0.3 is 9.30 Å². The Hall–Kier alpha value is -3.01. The molecule has 0 atom stereocenters. The molecule has 0 fully saturated rings. The molecular weight excluding hydrogens is 417 g/mol. The van der Waals surface area contributed by atoms with Crippen molar-refractivity contribution in [3.63, 3.8) is 0 Å². The zero-order valence-electron chi connectivity index (χ0n) is 16.1. The molecule has 1 heterocycles. The Kier molecular flexibility index (Phi) is 6.22. The molecule has 0 aliphatic rings. The summed E-state index contributed by atoms with van der Waals surface area (Å²) >= 11 is 12.1. The molecular formula is C25H19Cl2NO2. The van der Waals surface area contributed by atoms with Crippen molar-refractivity contribution < 1.29 is 4.74 Å². The summed E-state index contributed by atoms with van der Waals surface area (Å²) in [5, 5.41) is 1.10. The second-order valence-electron chi connectivity index (χ2n) is 6.92. The van der Waals surface area contributed by atoms with E-state index in [0.29, 0.717) is 28.9 Å². The van der Waals surface area contributed by atoms with Gasteiger partial charge in [-0.25, -0.2) is 0 Å². The first-order chi connectivity index (χ1) is 14.6. The molecule has 0 saturated carbocycles. The maximum atomic E-state index is 12.4. The van der Waals surface area contributed by atoms with Gasteiger partial charge >= 0.3 is 0 Å². The van der Waals surface area contributed by atoms with Gasteiger partial charge in [0, 0.05) is 22.3 Å². The number of rotatable bonds is 6. The highest BCUT2D eigenvalue weighted by Crippen LogP contribution is 2.22. The van der Waals surface area contributed by atoms with Gasteiger partial charge in [-0.05, 0) is 40.5 Å². The molecule has 0 spiro atoms. The van der Waals surface area contributed by atoms with Crippen LogP contribution in [-0.4, -0.2) is 4.57 Å². The zero-order chi connectivity index (χ0) is 20.9. The minimum absolute atomic E-state index is 0.155. The highest BCUT2D eigenvalue weighted by molar-refractivity contribution is 6.35. The molecule has 3 nitrogen and oxygen atoms in total. The van der Waals surface area contributed by atoms with Crippen molar-refractivity contribution in [2.24, 2.45) is 0 Å². The summed E-state index contributed by atoms with van der Waals surface area (Å²) in [5.41, 5.74) is 4.04. The summed E-state index contributed by atoms with van der Waals surface area (Å²) in [5.74, 6) is 0.533. The Labute approximate surface area is 185 Å². The average Bonchev–Trinajstić information content (AvgIpc) is 2.76. The van der Waals surface area contributed by atoms with Crippen LogP contribution in [0.1, 0.15) is 11.1 Å². The fourth-order valence-electron chi connectivity index (χ4n) is 3.13. The van der Waals surface area contributed by atoms with E-state index in [-0.39, 0.29) is 5.56 Å². The third kappa shape index (κ3) is 4.93. The number of pyridine rings is 1. The van der Waals surface area contributed by atoms with Crippen LogP contribution < -0.4 is 10.3 Å². The fraction of sp³-hybridized carbons (Fsp3) is 0.0800. The third-order valence-corrected chi connectivity index (χ3v) is 5.38. The van der Waals surface area contributed by atoms with E-state index in [0.717, 1.165) is 16.7 Å². The van der Waals surface area contributed by atoms with E-state index >= 15 is 0 Å². The van der Waals surface area contributed by atoms with Crippen LogP contribution in [0, 0.1) is 0 Å².